The quantitative estimate of drug-likeness (QED) is 0.176. The summed E-state index contributed by atoms with van der Waals surface area (Å²) in [5, 5.41) is 2.17. The van der Waals surface area contributed by atoms with Gasteiger partial charge in [0.2, 0.25) is 0 Å². The van der Waals surface area contributed by atoms with Gasteiger partial charge in [0.15, 0.2) is 0 Å². The fourth-order valence-electron chi connectivity index (χ4n) is 6.22. The minimum absolute atomic E-state index is 0.906. The van der Waals surface area contributed by atoms with E-state index in [1.54, 1.807) is 0 Å². The third-order valence-corrected chi connectivity index (χ3v) is 8.76. The van der Waals surface area contributed by atoms with Crippen molar-refractivity contribution in [1.29, 1.82) is 0 Å². The lowest BCUT2D eigenvalue weighted by molar-refractivity contribution is 1.16. The standard InChI is InChI=1S/C45H40/c1-31(2)34(5)44-21-12-10-17-40(44)28-35-26-32(3)27-42(29-35)37-22-24-38(25-23-37)45(43-20-11-9-14-33(43)4)41-19-13-18-39(30-41)36-15-7-6-8-16-36/h6-27,29-30H,4,28H2,1-3,5H3/b45-43+. The maximum absolute atomic E-state index is 4.39. The van der Waals surface area contributed by atoms with Gasteiger partial charge in [0, 0.05) is 0 Å². The summed E-state index contributed by atoms with van der Waals surface area (Å²) >= 11 is 0. The van der Waals surface area contributed by atoms with E-state index in [9.17, 15) is 0 Å². The van der Waals surface area contributed by atoms with Crippen LogP contribution in [-0.4, -0.2) is 0 Å². The predicted octanol–water partition coefficient (Wildman–Crippen LogP) is 10.4. The molecular weight excluding hydrogens is 540 g/mol. The Morgan fingerprint density at radius 1 is 0.533 bits per heavy atom. The van der Waals surface area contributed by atoms with Crippen molar-refractivity contribution in [1.82, 2.24) is 0 Å². The molecule has 0 amide bonds. The minimum Gasteiger partial charge on any atom is -0.0911 e. The molecule has 0 unspecified atom stereocenters. The second-order valence-corrected chi connectivity index (χ2v) is 12.2. The van der Waals surface area contributed by atoms with E-state index in [2.05, 4.69) is 180 Å². The van der Waals surface area contributed by atoms with Crippen molar-refractivity contribution in [2.24, 2.45) is 0 Å². The van der Waals surface area contributed by atoms with E-state index in [4.69, 9.17) is 0 Å². The summed E-state index contributed by atoms with van der Waals surface area (Å²) in [7, 11) is 0. The smallest absolute Gasteiger partial charge is 0.00194 e. The summed E-state index contributed by atoms with van der Waals surface area (Å²) in [6, 6.07) is 52.7. The van der Waals surface area contributed by atoms with Crippen LogP contribution in [0.15, 0.2) is 151 Å². The Morgan fingerprint density at radius 3 is 1.96 bits per heavy atom. The molecule has 0 bridgehead atoms. The molecule has 0 heteroatoms. The largest absolute Gasteiger partial charge is 0.0911 e. The van der Waals surface area contributed by atoms with Crippen molar-refractivity contribution in [2.75, 3.05) is 0 Å². The zero-order valence-electron chi connectivity index (χ0n) is 26.8. The second kappa shape index (κ2) is 13.2. The van der Waals surface area contributed by atoms with Crippen LogP contribution in [0.3, 0.4) is 0 Å². The third kappa shape index (κ3) is 6.66. The minimum atomic E-state index is 0.906. The summed E-state index contributed by atoms with van der Waals surface area (Å²) in [6.45, 7) is 13.2. The van der Waals surface area contributed by atoms with Gasteiger partial charge in [0.05, 0.1) is 0 Å². The maximum Gasteiger partial charge on any atom is -0.00194 e. The van der Waals surface area contributed by atoms with Crippen molar-refractivity contribution in [2.45, 2.75) is 34.1 Å². The molecule has 220 valence electrons. The topological polar surface area (TPSA) is 0 Å². The molecule has 0 spiro atoms. The molecule has 0 radical (unpaired) electrons. The molecule has 0 heterocycles. The van der Waals surface area contributed by atoms with Gasteiger partial charge >= 0.3 is 0 Å². The van der Waals surface area contributed by atoms with Crippen molar-refractivity contribution < 1.29 is 0 Å². The SMILES string of the molecule is C=c1cccc/c1=C(/c1ccc(-c2cc(C)cc(Cc3ccccc3C(C)=C(C)C)c2)cc1)c1cccc(-c2ccccc2)c1. The summed E-state index contributed by atoms with van der Waals surface area (Å²) in [5.74, 6) is 0. The maximum atomic E-state index is 4.39. The first kappa shape index (κ1) is 29.9. The average Bonchev–Trinajstić information content (AvgIpc) is 3.06. The molecule has 6 aromatic rings. The van der Waals surface area contributed by atoms with Crippen LogP contribution in [0.4, 0.5) is 0 Å². The van der Waals surface area contributed by atoms with Gasteiger partial charge in [-0.2, -0.15) is 0 Å². The molecule has 0 atom stereocenters. The molecule has 0 saturated heterocycles. The molecular formula is C45H40. The number of benzene rings is 6. The van der Waals surface area contributed by atoms with Crippen LogP contribution in [0.2, 0.25) is 0 Å². The Balaban J connectivity index is 1.39. The van der Waals surface area contributed by atoms with Crippen LogP contribution in [-0.2, 0) is 6.42 Å². The van der Waals surface area contributed by atoms with Crippen molar-refractivity contribution in [3.63, 3.8) is 0 Å². The molecule has 45 heavy (non-hydrogen) atoms. The molecule has 6 rings (SSSR count). The number of rotatable bonds is 7. The summed E-state index contributed by atoms with van der Waals surface area (Å²) in [5.41, 5.74) is 16.5. The van der Waals surface area contributed by atoms with Gasteiger partial charge in [-0.05, 0) is 112 Å². The highest BCUT2D eigenvalue weighted by atomic mass is 14.2. The van der Waals surface area contributed by atoms with Crippen LogP contribution in [0.5, 0.6) is 0 Å². The molecule has 0 aliphatic rings. The van der Waals surface area contributed by atoms with Crippen LogP contribution >= 0.6 is 0 Å². The summed E-state index contributed by atoms with van der Waals surface area (Å²) in [6.07, 6.45) is 0.906. The van der Waals surface area contributed by atoms with Crippen molar-refractivity contribution in [3.05, 3.63) is 195 Å². The first-order valence-corrected chi connectivity index (χ1v) is 15.8. The Kier molecular flexibility index (Phi) is 8.76. The number of hydrogen-bond acceptors (Lipinski definition) is 0. The molecule has 0 fully saturated rings. The fraction of sp³-hybridized carbons (Fsp3) is 0.111. The van der Waals surface area contributed by atoms with Gasteiger partial charge in [-0.15, -0.1) is 0 Å². The van der Waals surface area contributed by atoms with E-state index in [0.29, 0.717) is 0 Å². The highest BCUT2D eigenvalue weighted by molar-refractivity contribution is 5.83. The zero-order chi connectivity index (χ0) is 31.3. The molecule has 0 N–H and O–H groups in total. The van der Waals surface area contributed by atoms with E-state index in [1.165, 1.54) is 72.4 Å². The highest BCUT2D eigenvalue weighted by Crippen LogP contribution is 2.30. The monoisotopic (exact) mass is 580 g/mol. The van der Waals surface area contributed by atoms with Gasteiger partial charge in [-0.25, -0.2) is 0 Å². The normalized spacial score (nSPS) is 11.6. The second-order valence-electron chi connectivity index (χ2n) is 12.2. The van der Waals surface area contributed by atoms with Crippen LogP contribution in [0.1, 0.15) is 54.2 Å². The number of hydrogen-bond donors (Lipinski definition) is 0. The van der Waals surface area contributed by atoms with Gasteiger partial charge in [0.1, 0.15) is 0 Å². The Hall–Kier alpha value is -5.20. The predicted molar refractivity (Wildman–Crippen MR) is 195 cm³/mol. The molecule has 0 nitrogen and oxygen atoms in total. The summed E-state index contributed by atoms with van der Waals surface area (Å²) in [4.78, 5) is 0. The van der Waals surface area contributed by atoms with E-state index < -0.39 is 0 Å². The van der Waals surface area contributed by atoms with Gasteiger partial charge in [0.25, 0.3) is 0 Å². The van der Waals surface area contributed by atoms with E-state index in [0.717, 1.165) is 16.9 Å². The first-order chi connectivity index (χ1) is 21.9. The fourth-order valence-corrected chi connectivity index (χ4v) is 6.22. The number of allylic oxidation sites excluding steroid dienone is 2. The van der Waals surface area contributed by atoms with Crippen molar-refractivity contribution >= 4 is 17.7 Å². The highest BCUT2D eigenvalue weighted by Gasteiger charge is 2.11. The van der Waals surface area contributed by atoms with E-state index in [1.807, 2.05) is 0 Å². The van der Waals surface area contributed by atoms with E-state index >= 15 is 0 Å². The lowest BCUT2D eigenvalue weighted by Gasteiger charge is -2.14. The number of aryl methyl sites for hydroxylation is 1. The van der Waals surface area contributed by atoms with Gasteiger partial charge in [-0.3, -0.25) is 0 Å². The zero-order valence-corrected chi connectivity index (χ0v) is 26.8. The van der Waals surface area contributed by atoms with Crippen LogP contribution in [0.25, 0.3) is 40.0 Å². The Bertz CT molecular complexity index is 2100. The van der Waals surface area contributed by atoms with Crippen LogP contribution in [0, 0.1) is 6.92 Å². The first-order valence-electron chi connectivity index (χ1n) is 15.8. The molecule has 0 saturated carbocycles. The molecule has 0 aliphatic heterocycles. The Labute approximate surface area is 268 Å². The molecule has 0 aliphatic carbocycles. The summed E-state index contributed by atoms with van der Waals surface area (Å²) < 4.78 is 0. The van der Waals surface area contributed by atoms with Gasteiger partial charge in [-0.1, -0.05) is 157 Å². The lowest BCUT2D eigenvalue weighted by Crippen LogP contribution is -2.25. The Morgan fingerprint density at radius 2 is 1.20 bits per heavy atom. The molecule has 6 aromatic carbocycles. The lowest BCUT2D eigenvalue weighted by atomic mass is 9.90. The van der Waals surface area contributed by atoms with Crippen LogP contribution < -0.4 is 10.4 Å². The van der Waals surface area contributed by atoms with E-state index in [-0.39, 0.29) is 0 Å². The average molecular weight is 581 g/mol. The van der Waals surface area contributed by atoms with Gasteiger partial charge < -0.3 is 0 Å². The molecule has 0 aromatic heterocycles. The van der Waals surface area contributed by atoms with Crippen molar-refractivity contribution in [3.8, 4) is 22.3 Å². The third-order valence-electron chi connectivity index (χ3n) is 8.76.